The molecule has 0 aromatic heterocycles. The van der Waals surface area contributed by atoms with E-state index in [9.17, 15) is 0 Å². The molecule has 2 aliphatic rings. The van der Waals surface area contributed by atoms with Crippen LogP contribution in [0, 0.1) is 0 Å². The first-order valence-corrected chi connectivity index (χ1v) is 9.82. The summed E-state index contributed by atoms with van der Waals surface area (Å²) in [4.78, 5) is 2.60. The van der Waals surface area contributed by atoms with Crippen LogP contribution in [0.1, 0.15) is 31.2 Å². The Morgan fingerprint density at radius 3 is 2.68 bits per heavy atom. The highest BCUT2D eigenvalue weighted by Gasteiger charge is 2.31. The summed E-state index contributed by atoms with van der Waals surface area (Å²) >= 11 is 0. The van der Waals surface area contributed by atoms with Crippen molar-refractivity contribution in [2.75, 3.05) is 32.9 Å². The van der Waals surface area contributed by atoms with Crippen LogP contribution in [-0.2, 0) is 15.9 Å². The number of morpholine rings is 1. The molecule has 134 valence electrons. The Bertz CT molecular complexity index is 675. The van der Waals surface area contributed by atoms with Crippen LogP contribution in [0.15, 0.2) is 42.5 Å². The number of benzene rings is 2. The van der Waals surface area contributed by atoms with Crippen LogP contribution < -0.4 is 0 Å². The highest BCUT2D eigenvalue weighted by molar-refractivity contribution is 5.85. The van der Waals surface area contributed by atoms with E-state index in [2.05, 4.69) is 47.4 Å². The maximum absolute atomic E-state index is 6.42. The van der Waals surface area contributed by atoms with Crippen molar-refractivity contribution in [2.24, 2.45) is 0 Å². The lowest BCUT2D eigenvalue weighted by molar-refractivity contribution is -0.0647. The first-order chi connectivity index (χ1) is 12.4. The monoisotopic (exact) mass is 339 g/mol. The number of fused-ring (bicyclic) bond motifs is 1. The molecule has 0 unspecified atom stereocenters. The zero-order valence-corrected chi connectivity index (χ0v) is 15.0. The highest BCUT2D eigenvalue weighted by atomic mass is 16.5. The van der Waals surface area contributed by atoms with E-state index in [1.54, 1.807) is 0 Å². The molecule has 1 saturated carbocycles. The van der Waals surface area contributed by atoms with Gasteiger partial charge in [-0.05, 0) is 35.6 Å². The summed E-state index contributed by atoms with van der Waals surface area (Å²) in [6, 6.07) is 15.8. The fourth-order valence-corrected chi connectivity index (χ4v) is 4.43. The Balaban J connectivity index is 1.37. The normalized spacial score (nSPS) is 25.3. The number of nitrogens with zero attached hydrogens (tertiary/aromatic N) is 1. The maximum atomic E-state index is 6.42. The highest BCUT2D eigenvalue weighted by Crippen LogP contribution is 2.27. The lowest BCUT2D eigenvalue weighted by Gasteiger charge is -2.41. The molecular weight excluding hydrogens is 310 g/mol. The molecule has 0 amide bonds. The summed E-state index contributed by atoms with van der Waals surface area (Å²) in [5, 5.41) is 2.69. The van der Waals surface area contributed by atoms with Gasteiger partial charge in [0.2, 0.25) is 0 Å². The number of rotatable bonds is 5. The number of hydrogen-bond acceptors (Lipinski definition) is 3. The van der Waals surface area contributed by atoms with Gasteiger partial charge in [-0.25, -0.2) is 0 Å². The molecule has 1 aliphatic carbocycles. The predicted molar refractivity (Wildman–Crippen MR) is 102 cm³/mol. The zero-order chi connectivity index (χ0) is 16.9. The van der Waals surface area contributed by atoms with E-state index in [1.807, 2.05) is 0 Å². The van der Waals surface area contributed by atoms with Crippen LogP contribution in [0.3, 0.4) is 0 Å². The van der Waals surface area contributed by atoms with Gasteiger partial charge in [0.25, 0.3) is 0 Å². The van der Waals surface area contributed by atoms with Crippen molar-refractivity contribution in [3.63, 3.8) is 0 Å². The fourth-order valence-electron chi connectivity index (χ4n) is 4.43. The summed E-state index contributed by atoms with van der Waals surface area (Å²) < 4.78 is 11.9. The van der Waals surface area contributed by atoms with Gasteiger partial charge in [-0.2, -0.15) is 0 Å². The molecule has 3 nitrogen and oxygen atoms in total. The van der Waals surface area contributed by atoms with Crippen LogP contribution in [0.5, 0.6) is 0 Å². The average Bonchev–Trinajstić information content (AvgIpc) is 2.69. The molecule has 0 N–H and O–H groups in total. The van der Waals surface area contributed by atoms with Crippen LogP contribution >= 0.6 is 0 Å². The van der Waals surface area contributed by atoms with Gasteiger partial charge < -0.3 is 9.47 Å². The molecule has 2 fully saturated rings. The molecular formula is C22H29NO2. The van der Waals surface area contributed by atoms with Gasteiger partial charge in [0, 0.05) is 19.1 Å². The van der Waals surface area contributed by atoms with Gasteiger partial charge >= 0.3 is 0 Å². The van der Waals surface area contributed by atoms with E-state index in [0.29, 0.717) is 12.1 Å². The minimum atomic E-state index is 0.391. The summed E-state index contributed by atoms with van der Waals surface area (Å²) in [7, 11) is 0. The van der Waals surface area contributed by atoms with Gasteiger partial charge in [-0.1, -0.05) is 55.3 Å². The molecule has 2 aromatic rings. The topological polar surface area (TPSA) is 21.7 Å². The van der Waals surface area contributed by atoms with Gasteiger partial charge in [0.05, 0.1) is 25.9 Å². The third kappa shape index (κ3) is 4.05. The van der Waals surface area contributed by atoms with Crippen molar-refractivity contribution in [2.45, 2.75) is 44.2 Å². The SMILES string of the molecule is c1ccc2c(CCO[C@@H]3CCCC[C@H]3N3CCOCC3)cccc2c1. The molecule has 1 saturated heterocycles. The summed E-state index contributed by atoms with van der Waals surface area (Å²) in [5.74, 6) is 0. The summed E-state index contributed by atoms with van der Waals surface area (Å²) in [5.41, 5.74) is 1.40. The molecule has 0 spiro atoms. The Hall–Kier alpha value is -1.42. The van der Waals surface area contributed by atoms with Crippen LogP contribution in [0.25, 0.3) is 10.8 Å². The quantitative estimate of drug-likeness (QED) is 0.820. The second-order valence-electron chi connectivity index (χ2n) is 7.30. The molecule has 1 heterocycles. The molecule has 0 radical (unpaired) electrons. The average molecular weight is 339 g/mol. The van der Waals surface area contributed by atoms with Gasteiger partial charge in [0.15, 0.2) is 0 Å². The van der Waals surface area contributed by atoms with E-state index in [-0.39, 0.29) is 0 Å². The van der Waals surface area contributed by atoms with Crippen molar-refractivity contribution in [3.05, 3.63) is 48.0 Å². The van der Waals surface area contributed by atoms with Crippen LogP contribution in [0.4, 0.5) is 0 Å². The molecule has 1 aliphatic heterocycles. The fraction of sp³-hybridized carbons (Fsp3) is 0.545. The minimum Gasteiger partial charge on any atom is -0.379 e. The summed E-state index contributed by atoms with van der Waals surface area (Å²) in [6.45, 7) is 4.69. The minimum absolute atomic E-state index is 0.391. The Labute approximate surface area is 150 Å². The van der Waals surface area contributed by atoms with E-state index in [1.165, 1.54) is 42.0 Å². The second-order valence-corrected chi connectivity index (χ2v) is 7.30. The smallest absolute Gasteiger partial charge is 0.0730 e. The standard InChI is InChI=1S/C22H29NO2/c1-2-9-20-18(6-1)7-5-8-19(20)12-15-25-22-11-4-3-10-21(22)23-13-16-24-17-14-23/h1-2,5-9,21-22H,3-4,10-17H2/t21-,22-/m1/s1. The van der Waals surface area contributed by atoms with Gasteiger partial charge in [0.1, 0.15) is 0 Å². The Morgan fingerprint density at radius 2 is 1.76 bits per heavy atom. The molecule has 2 atom stereocenters. The van der Waals surface area contributed by atoms with E-state index in [0.717, 1.165) is 39.3 Å². The van der Waals surface area contributed by atoms with Crippen LogP contribution in [-0.4, -0.2) is 50.0 Å². The lowest BCUT2D eigenvalue weighted by atomic mass is 9.91. The van der Waals surface area contributed by atoms with Gasteiger partial charge in [-0.15, -0.1) is 0 Å². The maximum Gasteiger partial charge on any atom is 0.0730 e. The molecule has 0 bridgehead atoms. The summed E-state index contributed by atoms with van der Waals surface area (Å²) in [6.07, 6.45) is 6.51. The van der Waals surface area contributed by atoms with Gasteiger partial charge in [-0.3, -0.25) is 4.90 Å². The molecule has 25 heavy (non-hydrogen) atoms. The predicted octanol–water partition coefficient (Wildman–Crippen LogP) is 4.04. The number of ether oxygens (including phenoxy) is 2. The molecule has 4 rings (SSSR count). The van der Waals surface area contributed by atoms with Crippen LogP contribution in [0.2, 0.25) is 0 Å². The van der Waals surface area contributed by atoms with E-state index in [4.69, 9.17) is 9.47 Å². The first-order valence-electron chi connectivity index (χ1n) is 9.82. The zero-order valence-electron chi connectivity index (χ0n) is 15.0. The van der Waals surface area contributed by atoms with Crippen molar-refractivity contribution in [1.82, 2.24) is 4.90 Å². The Morgan fingerprint density at radius 1 is 0.960 bits per heavy atom. The third-order valence-corrected chi connectivity index (χ3v) is 5.77. The van der Waals surface area contributed by atoms with Crippen molar-refractivity contribution in [1.29, 1.82) is 0 Å². The lowest BCUT2D eigenvalue weighted by Crippen LogP contribution is -2.51. The van der Waals surface area contributed by atoms with Crippen molar-refractivity contribution < 1.29 is 9.47 Å². The van der Waals surface area contributed by atoms with E-state index >= 15 is 0 Å². The largest absolute Gasteiger partial charge is 0.379 e. The van der Waals surface area contributed by atoms with E-state index < -0.39 is 0 Å². The molecule has 2 aromatic carbocycles. The second kappa shape index (κ2) is 8.31. The molecule has 3 heteroatoms. The third-order valence-electron chi connectivity index (χ3n) is 5.77. The van der Waals surface area contributed by atoms with Crippen molar-refractivity contribution in [3.8, 4) is 0 Å². The van der Waals surface area contributed by atoms with Crippen molar-refractivity contribution >= 4 is 10.8 Å². The first kappa shape index (κ1) is 17.0. The Kier molecular flexibility index (Phi) is 5.65. The number of hydrogen-bond donors (Lipinski definition) is 0.